The SMILES string of the molecule is CCNC(=NCc1ccccc1OC)NCC1CCOc2ccccc21. The maximum atomic E-state index is 5.75. The van der Waals surface area contributed by atoms with Crippen LogP contribution in [0, 0.1) is 0 Å². The van der Waals surface area contributed by atoms with Crippen molar-refractivity contribution in [2.45, 2.75) is 25.8 Å². The van der Waals surface area contributed by atoms with Gasteiger partial charge in [0.25, 0.3) is 0 Å². The second-order valence-electron chi connectivity index (χ2n) is 6.26. The molecule has 26 heavy (non-hydrogen) atoms. The van der Waals surface area contributed by atoms with E-state index in [9.17, 15) is 0 Å². The number of rotatable bonds is 6. The van der Waals surface area contributed by atoms with E-state index in [0.29, 0.717) is 12.5 Å². The van der Waals surface area contributed by atoms with Crippen LogP contribution in [-0.2, 0) is 6.54 Å². The second-order valence-corrected chi connectivity index (χ2v) is 6.26. The second kappa shape index (κ2) is 9.13. The zero-order chi connectivity index (χ0) is 18.2. The van der Waals surface area contributed by atoms with Crippen LogP contribution in [0.3, 0.4) is 0 Å². The first-order chi connectivity index (χ1) is 12.8. The molecule has 0 radical (unpaired) electrons. The number of benzene rings is 2. The number of nitrogens with zero attached hydrogens (tertiary/aromatic N) is 1. The first-order valence-corrected chi connectivity index (χ1v) is 9.17. The summed E-state index contributed by atoms with van der Waals surface area (Å²) in [5, 5.41) is 6.80. The molecule has 1 aliphatic heterocycles. The molecule has 1 unspecified atom stereocenters. The van der Waals surface area contributed by atoms with Crippen LogP contribution in [-0.4, -0.2) is 32.8 Å². The monoisotopic (exact) mass is 353 g/mol. The van der Waals surface area contributed by atoms with Gasteiger partial charge in [-0.15, -0.1) is 0 Å². The molecule has 0 amide bonds. The summed E-state index contributed by atoms with van der Waals surface area (Å²) in [6.45, 7) is 5.06. The Kier molecular flexibility index (Phi) is 6.36. The third-order valence-electron chi connectivity index (χ3n) is 4.54. The average Bonchev–Trinajstić information content (AvgIpc) is 2.70. The van der Waals surface area contributed by atoms with Crippen molar-refractivity contribution in [1.29, 1.82) is 0 Å². The van der Waals surface area contributed by atoms with Crippen LogP contribution in [0.1, 0.15) is 30.4 Å². The number of aliphatic imine (C=N–C) groups is 1. The number of fused-ring (bicyclic) bond motifs is 1. The molecule has 5 nitrogen and oxygen atoms in total. The van der Waals surface area contributed by atoms with E-state index in [1.165, 1.54) is 5.56 Å². The lowest BCUT2D eigenvalue weighted by atomic mass is 9.93. The van der Waals surface area contributed by atoms with Gasteiger partial charge >= 0.3 is 0 Å². The van der Waals surface area contributed by atoms with E-state index in [-0.39, 0.29) is 0 Å². The van der Waals surface area contributed by atoms with Crippen molar-refractivity contribution in [2.24, 2.45) is 4.99 Å². The summed E-state index contributed by atoms with van der Waals surface area (Å²) in [6.07, 6.45) is 1.01. The van der Waals surface area contributed by atoms with E-state index < -0.39 is 0 Å². The Hall–Kier alpha value is -2.69. The van der Waals surface area contributed by atoms with Gasteiger partial charge in [-0.05, 0) is 31.0 Å². The summed E-state index contributed by atoms with van der Waals surface area (Å²) in [5.74, 6) is 3.12. The molecule has 3 rings (SSSR count). The van der Waals surface area contributed by atoms with E-state index in [4.69, 9.17) is 14.5 Å². The lowest BCUT2D eigenvalue weighted by Crippen LogP contribution is -2.40. The highest BCUT2D eigenvalue weighted by Crippen LogP contribution is 2.32. The molecule has 2 aromatic carbocycles. The Balaban J connectivity index is 1.66. The molecule has 2 N–H and O–H groups in total. The van der Waals surface area contributed by atoms with Crippen molar-refractivity contribution in [3.8, 4) is 11.5 Å². The average molecular weight is 353 g/mol. The fraction of sp³-hybridized carbons (Fsp3) is 0.381. The zero-order valence-electron chi connectivity index (χ0n) is 15.5. The van der Waals surface area contributed by atoms with Gasteiger partial charge in [-0.25, -0.2) is 4.99 Å². The summed E-state index contributed by atoms with van der Waals surface area (Å²) in [6, 6.07) is 16.3. The van der Waals surface area contributed by atoms with Crippen molar-refractivity contribution in [3.63, 3.8) is 0 Å². The number of hydrogen-bond donors (Lipinski definition) is 2. The molecule has 5 heteroatoms. The van der Waals surface area contributed by atoms with Gasteiger partial charge in [-0.2, -0.15) is 0 Å². The van der Waals surface area contributed by atoms with Crippen LogP contribution in [0.5, 0.6) is 11.5 Å². The maximum absolute atomic E-state index is 5.75. The van der Waals surface area contributed by atoms with Crippen LogP contribution in [0.4, 0.5) is 0 Å². The first kappa shape index (κ1) is 18.1. The van der Waals surface area contributed by atoms with Crippen molar-refractivity contribution in [1.82, 2.24) is 10.6 Å². The molecule has 1 aliphatic rings. The highest BCUT2D eigenvalue weighted by molar-refractivity contribution is 5.79. The fourth-order valence-corrected chi connectivity index (χ4v) is 3.19. The van der Waals surface area contributed by atoms with E-state index in [1.54, 1.807) is 7.11 Å². The molecule has 2 aromatic rings. The molecule has 0 saturated heterocycles. The van der Waals surface area contributed by atoms with Crippen LogP contribution in [0.2, 0.25) is 0 Å². The van der Waals surface area contributed by atoms with Gasteiger partial charge in [0.1, 0.15) is 11.5 Å². The summed E-state index contributed by atoms with van der Waals surface area (Å²) >= 11 is 0. The Morgan fingerprint density at radius 1 is 1.15 bits per heavy atom. The number of methoxy groups -OCH3 is 1. The normalized spacial score (nSPS) is 16.4. The van der Waals surface area contributed by atoms with Crippen molar-refractivity contribution >= 4 is 5.96 Å². The molecule has 1 heterocycles. The molecular weight excluding hydrogens is 326 g/mol. The number of hydrogen-bond acceptors (Lipinski definition) is 3. The summed E-state index contributed by atoms with van der Waals surface area (Å²) in [4.78, 5) is 4.72. The van der Waals surface area contributed by atoms with E-state index >= 15 is 0 Å². The van der Waals surface area contributed by atoms with Crippen LogP contribution >= 0.6 is 0 Å². The van der Waals surface area contributed by atoms with E-state index in [2.05, 4.69) is 29.7 Å². The largest absolute Gasteiger partial charge is 0.496 e. The van der Waals surface area contributed by atoms with E-state index in [0.717, 1.165) is 49.1 Å². The molecule has 0 fully saturated rings. The number of nitrogens with one attached hydrogen (secondary N) is 2. The molecule has 138 valence electrons. The Labute approximate surface area is 155 Å². The topological polar surface area (TPSA) is 54.9 Å². The molecule has 0 aromatic heterocycles. The van der Waals surface area contributed by atoms with Gasteiger partial charge in [0.2, 0.25) is 0 Å². The fourth-order valence-electron chi connectivity index (χ4n) is 3.19. The minimum Gasteiger partial charge on any atom is -0.496 e. The zero-order valence-corrected chi connectivity index (χ0v) is 15.5. The van der Waals surface area contributed by atoms with Gasteiger partial charge in [-0.3, -0.25) is 0 Å². The third-order valence-corrected chi connectivity index (χ3v) is 4.54. The lowest BCUT2D eigenvalue weighted by Gasteiger charge is -2.26. The molecule has 1 atom stereocenters. The number of para-hydroxylation sites is 2. The standard InChI is InChI=1S/C21H27N3O2/c1-3-22-21(24-15-17-8-4-6-10-19(17)25-2)23-14-16-12-13-26-20-11-7-5-9-18(16)20/h4-11,16H,3,12-15H2,1-2H3,(H2,22,23,24). The van der Waals surface area contributed by atoms with Gasteiger partial charge in [0.15, 0.2) is 5.96 Å². The molecular formula is C21H27N3O2. The maximum Gasteiger partial charge on any atom is 0.191 e. The van der Waals surface area contributed by atoms with Gasteiger partial charge in [-0.1, -0.05) is 36.4 Å². The van der Waals surface area contributed by atoms with Gasteiger partial charge in [0.05, 0.1) is 20.3 Å². The molecule has 0 aliphatic carbocycles. The van der Waals surface area contributed by atoms with Crippen LogP contribution in [0.15, 0.2) is 53.5 Å². The molecule has 0 saturated carbocycles. The molecule has 0 spiro atoms. The highest BCUT2D eigenvalue weighted by Gasteiger charge is 2.21. The summed E-state index contributed by atoms with van der Waals surface area (Å²) < 4.78 is 11.2. The third kappa shape index (κ3) is 4.48. The number of ether oxygens (including phenoxy) is 2. The van der Waals surface area contributed by atoms with Crippen molar-refractivity contribution in [2.75, 3.05) is 26.8 Å². The smallest absolute Gasteiger partial charge is 0.191 e. The minimum atomic E-state index is 0.426. The Bertz CT molecular complexity index is 746. The van der Waals surface area contributed by atoms with Gasteiger partial charge < -0.3 is 20.1 Å². The summed E-state index contributed by atoms with van der Waals surface area (Å²) in [7, 11) is 1.69. The Morgan fingerprint density at radius 3 is 2.81 bits per heavy atom. The minimum absolute atomic E-state index is 0.426. The number of guanidine groups is 1. The first-order valence-electron chi connectivity index (χ1n) is 9.17. The van der Waals surface area contributed by atoms with E-state index in [1.807, 2.05) is 36.4 Å². The van der Waals surface area contributed by atoms with Crippen LogP contribution in [0.25, 0.3) is 0 Å². The molecule has 0 bridgehead atoms. The van der Waals surface area contributed by atoms with Crippen molar-refractivity contribution in [3.05, 3.63) is 59.7 Å². The Morgan fingerprint density at radius 2 is 1.96 bits per heavy atom. The van der Waals surface area contributed by atoms with Crippen LogP contribution < -0.4 is 20.1 Å². The summed E-state index contributed by atoms with van der Waals surface area (Å²) in [5.41, 5.74) is 2.34. The lowest BCUT2D eigenvalue weighted by molar-refractivity contribution is 0.267. The quantitative estimate of drug-likeness (QED) is 0.618. The highest BCUT2D eigenvalue weighted by atomic mass is 16.5. The predicted octanol–water partition coefficient (Wildman–Crippen LogP) is 3.32. The predicted molar refractivity (Wildman–Crippen MR) is 105 cm³/mol. The van der Waals surface area contributed by atoms with Gasteiger partial charge in [0, 0.05) is 24.6 Å². The van der Waals surface area contributed by atoms with Crippen molar-refractivity contribution < 1.29 is 9.47 Å².